The Morgan fingerprint density at radius 1 is 1.09 bits per heavy atom. The largest absolute Gasteiger partial charge is 0.492 e. The van der Waals surface area contributed by atoms with Crippen LogP contribution in [-0.2, 0) is 24.2 Å². The fraction of sp³-hybridized carbons (Fsp3) is 0.269. The molecular weight excluding hydrogens is 434 g/mol. The maximum absolute atomic E-state index is 13.7. The summed E-state index contributed by atoms with van der Waals surface area (Å²) in [6.45, 7) is 2.26. The Morgan fingerprint density at radius 2 is 1.85 bits per heavy atom. The molecule has 4 aromatic rings. The summed E-state index contributed by atoms with van der Waals surface area (Å²) in [5.74, 6) is 0.816. The van der Waals surface area contributed by atoms with Crippen molar-refractivity contribution in [2.24, 2.45) is 0 Å². The van der Waals surface area contributed by atoms with Gasteiger partial charge in [0.2, 0.25) is 5.91 Å². The molecule has 0 aliphatic heterocycles. The van der Waals surface area contributed by atoms with E-state index in [1.807, 2.05) is 55.5 Å². The van der Waals surface area contributed by atoms with Crippen LogP contribution in [-0.4, -0.2) is 22.1 Å². The van der Waals surface area contributed by atoms with Crippen LogP contribution >= 0.6 is 11.3 Å². The third-order valence-corrected chi connectivity index (χ3v) is 7.06. The second kappa shape index (κ2) is 9.19. The molecule has 33 heavy (non-hydrogen) atoms. The van der Waals surface area contributed by atoms with E-state index in [9.17, 15) is 9.59 Å². The second-order valence-corrected chi connectivity index (χ2v) is 9.14. The van der Waals surface area contributed by atoms with Gasteiger partial charge in [0.05, 0.1) is 17.7 Å². The predicted octanol–water partition coefficient (Wildman–Crippen LogP) is 5.04. The summed E-state index contributed by atoms with van der Waals surface area (Å²) < 4.78 is 7.13. The van der Waals surface area contributed by atoms with Crippen molar-refractivity contribution in [3.63, 3.8) is 0 Å². The lowest BCUT2D eigenvalue weighted by Crippen LogP contribution is -2.30. The minimum absolute atomic E-state index is 0.128. The Labute approximate surface area is 195 Å². The molecule has 168 valence electrons. The SMILES string of the molecule is CCOc1ccccc1NC(=O)Cn1c(-c2ccccc2)nc2sc3c(c2c1=O)CCCC3. The lowest BCUT2D eigenvalue weighted by atomic mass is 9.97. The second-order valence-electron chi connectivity index (χ2n) is 8.06. The molecule has 7 heteroatoms. The van der Waals surface area contributed by atoms with Gasteiger partial charge in [0.1, 0.15) is 22.9 Å². The number of benzene rings is 2. The van der Waals surface area contributed by atoms with Gasteiger partial charge in [-0.25, -0.2) is 4.98 Å². The summed E-state index contributed by atoms with van der Waals surface area (Å²) in [7, 11) is 0. The molecule has 5 rings (SSSR count). The number of thiophene rings is 1. The molecule has 2 aromatic heterocycles. The summed E-state index contributed by atoms with van der Waals surface area (Å²) in [6.07, 6.45) is 4.10. The molecule has 2 heterocycles. The van der Waals surface area contributed by atoms with Crippen LogP contribution < -0.4 is 15.6 Å². The first-order chi connectivity index (χ1) is 16.2. The van der Waals surface area contributed by atoms with E-state index in [-0.39, 0.29) is 18.0 Å². The molecule has 6 nitrogen and oxygen atoms in total. The van der Waals surface area contributed by atoms with Crippen molar-refractivity contribution >= 4 is 33.1 Å². The third kappa shape index (κ3) is 4.16. The lowest BCUT2D eigenvalue weighted by Gasteiger charge is -2.15. The fourth-order valence-corrected chi connectivity index (χ4v) is 5.63. The van der Waals surface area contributed by atoms with Crippen molar-refractivity contribution in [3.05, 3.63) is 75.4 Å². The molecule has 0 saturated heterocycles. The number of nitrogens with one attached hydrogen (secondary N) is 1. The Balaban J connectivity index is 1.58. The fourth-order valence-electron chi connectivity index (χ4n) is 4.38. The average Bonchev–Trinajstić information content (AvgIpc) is 3.21. The number of aromatic nitrogens is 2. The zero-order chi connectivity index (χ0) is 22.8. The van der Waals surface area contributed by atoms with Gasteiger partial charge in [-0.2, -0.15) is 0 Å². The summed E-state index contributed by atoms with van der Waals surface area (Å²) in [5.41, 5.74) is 2.37. The highest BCUT2D eigenvalue weighted by Crippen LogP contribution is 2.35. The van der Waals surface area contributed by atoms with E-state index in [0.717, 1.165) is 41.6 Å². The summed E-state index contributed by atoms with van der Waals surface area (Å²) in [5, 5.41) is 3.58. The van der Waals surface area contributed by atoms with Gasteiger partial charge in [0, 0.05) is 10.4 Å². The number of carbonyl (C=O) groups excluding carboxylic acids is 1. The number of rotatable bonds is 6. The number of carbonyl (C=O) groups is 1. The van der Waals surface area contributed by atoms with Gasteiger partial charge in [-0.15, -0.1) is 11.3 Å². The van der Waals surface area contributed by atoms with Gasteiger partial charge in [-0.05, 0) is 50.3 Å². The Kier molecular flexibility index (Phi) is 5.96. The smallest absolute Gasteiger partial charge is 0.263 e. The van der Waals surface area contributed by atoms with E-state index in [0.29, 0.717) is 29.3 Å². The number of anilines is 1. The van der Waals surface area contributed by atoms with Crippen LogP contribution in [0.2, 0.25) is 0 Å². The number of hydrogen-bond donors (Lipinski definition) is 1. The molecule has 0 fully saturated rings. The molecular formula is C26H25N3O3S. The van der Waals surface area contributed by atoms with Gasteiger partial charge in [0.25, 0.3) is 5.56 Å². The highest BCUT2D eigenvalue weighted by Gasteiger charge is 2.23. The molecule has 1 aliphatic carbocycles. The van der Waals surface area contributed by atoms with Crippen molar-refractivity contribution in [3.8, 4) is 17.1 Å². The van der Waals surface area contributed by atoms with Gasteiger partial charge in [-0.1, -0.05) is 42.5 Å². The number of amides is 1. The molecule has 0 unspecified atom stereocenters. The van der Waals surface area contributed by atoms with Crippen LogP contribution in [0.15, 0.2) is 59.4 Å². The van der Waals surface area contributed by atoms with E-state index in [1.165, 1.54) is 9.44 Å². The molecule has 0 spiro atoms. The van der Waals surface area contributed by atoms with Crippen molar-refractivity contribution in [2.45, 2.75) is 39.2 Å². The molecule has 1 N–H and O–H groups in total. The number of aryl methyl sites for hydroxylation is 2. The van der Waals surface area contributed by atoms with Gasteiger partial charge < -0.3 is 10.1 Å². The Morgan fingerprint density at radius 3 is 2.67 bits per heavy atom. The van der Waals surface area contributed by atoms with Crippen molar-refractivity contribution < 1.29 is 9.53 Å². The van der Waals surface area contributed by atoms with E-state index >= 15 is 0 Å². The van der Waals surface area contributed by atoms with Crippen LogP contribution in [0, 0.1) is 0 Å². The van der Waals surface area contributed by atoms with E-state index in [4.69, 9.17) is 9.72 Å². The minimum Gasteiger partial charge on any atom is -0.492 e. The lowest BCUT2D eigenvalue weighted by molar-refractivity contribution is -0.116. The van der Waals surface area contributed by atoms with Crippen LogP contribution in [0.25, 0.3) is 21.6 Å². The first-order valence-corrected chi connectivity index (χ1v) is 12.1. The summed E-state index contributed by atoms with van der Waals surface area (Å²) >= 11 is 1.62. The summed E-state index contributed by atoms with van der Waals surface area (Å²) in [4.78, 5) is 33.7. The minimum atomic E-state index is -0.299. The first-order valence-electron chi connectivity index (χ1n) is 11.3. The van der Waals surface area contributed by atoms with Crippen molar-refractivity contribution in [1.29, 1.82) is 0 Å². The molecule has 1 amide bonds. The quantitative estimate of drug-likeness (QED) is 0.438. The first kappa shape index (κ1) is 21.4. The van der Waals surface area contributed by atoms with Gasteiger partial charge in [0.15, 0.2) is 0 Å². The topological polar surface area (TPSA) is 73.2 Å². The van der Waals surface area contributed by atoms with E-state index in [2.05, 4.69) is 5.32 Å². The number of hydrogen-bond acceptors (Lipinski definition) is 5. The molecule has 0 atom stereocenters. The standard InChI is InChI=1S/C26H25N3O3S/c1-2-32-20-14-8-7-13-19(20)27-22(30)16-29-24(17-10-4-3-5-11-17)28-25-23(26(29)31)18-12-6-9-15-21(18)33-25/h3-5,7-8,10-11,13-14H,2,6,9,12,15-16H2,1H3,(H,27,30). The highest BCUT2D eigenvalue weighted by molar-refractivity contribution is 7.18. The zero-order valence-corrected chi connectivity index (χ0v) is 19.3. The molecule has 0 saturated carbocycles. The number of para-hydroxylation sites is 2. The maximum Gasteiger partial charge on any atom is 0.263 e. The average molecular weight is 460 g/mol. The van der Waals surface area contributed by atoms with E-state index < -0.39 is 0 Å². The maximum atomic E-state index is 13.7. The molecule has 0 radical (unpaired) electrons. The van der Waals surface area contributed by atoms with Crippen molar-refractivity contribution in [2.75, 3.05) is 11.9 Å². The van der Waals surface area contributed by atoms with E-state index in [1.54, 1.807) is 17.4 Å². The monoisotopic (exact) mass is 459 g/mol. The van der Waals surface area contributed by atoms with Crippen LogP contribution in [0.4, 0.5) is 5.69 Å². The van der Waals surface area contributed by atoms with Crippen LogP contribution in [0.3, 0.4) is 0 Å². The van der Waals surface area contributed by atoms with Crippen molar-refractivity contribution in [1.82, 2.24) is 9.55 Å². The highest BCUT2D eigenvalue weighted by atomic mass is 32.1. The normalized spacial score (nSPS) is 13.0. The number of fused-ring (bicyclic) bond motifs is 3. The molecule has 1 aliphatic rings. The zero-order valence-electron chi connectivity index (χ0n) is 18.5. The summed E-state index contributed by atoms with van der Waals surface area (Å²) in [6, 6.07) is 16.9. The van der Waals surface area contributed by atoms with Gasteiger partial charge in [-0.3, -0.25) is 14.2 Å². The number of nitrogens with zero attached hydrogens (tertiary/aromatic N) is 2. The Hall–Kier alpha value is -3.45. The van der Waals surface area contributed by atoms with Crippen LogP contribution in [0.5, 0.6) is 5.75 Å². The van der Waals surface area contributed by atoms with Gasteiger partial charge >= 0.3 is 0 Å². The number of ether oxygens (including phenoxy) is 1. The Bertz CT molecular complexity index is 1380. The molecule has 2 aromatic carbocycles. The van der Waals surface area contributed by atoms with Crippen LogP contribution in [0.1, 0.15) is 30.2 Å². The molecule has 0 bridgehead atoms. The predicted molar refractivity (Wildman–Crippen MR) is 132 cm³/mol. The third-order valence-electron chi connectivity index (χ3n) is 5.87.